The molecule has 0 radical (unpaired) electrons. The Morgan fingerprint density at radius 3 is 2.42 bits per heavy atom. The second-order valence-electron chi connectivity index (χ2n) is 4.29. The van der Waals surface area contributed by atoms with Crippen molar-refractivity contribution in [3.8, 4) is 0 Å². The molecule has 0 aromatic heterocycles. The summed E-state index contributed by atoms with van der Waals surface area (Å²) in [7, 11) is 0. The van der Waals surface area contributed by atoms with Gasteiger partial charge >= 0.3 is 11.8 Å². The highest BCUT2D eigenvalue weighted by Crippen LogP contribution is 1.92. The zero-order chi connectivity index (χ0) is 14.8. The standard InChI is InChI=1S/C12H23N3O4/c1-9(2)19-8-4-6-14-11(17)12(18)15(7-5-13)10(3)16/h9H,4-8,13H2,1-3H3,(H,14,17). The van der Waals surface area contributed by atoms with Crippen LogP contribution in [-0.2, 0) is 19.1 Å². The van der Waals surface area contributed by atoms with Crippen LogP contribution in [0.25, 0.3) is 0 Å². The number of nitrogens with one attached hydrogen (secondary N) is 1. The van der Waals surface area contributed by atoms with Crippen LogP contribution in [0.4, 0.5) is 0 Å². The van der Waals surface area contributed by atoms with E-state index in [4.69, 9.17) is 10.5 Å². The number of rotatable bonds is 7. The largest absolute Gasteiger partial charge is 0.379 e. The highest BCUT2D eigenvalue weighted by molar-refractivity contribution is 6.37. The first-order valence-corrected chi connectivity index (χ1v) is 6.32. The zero-order valence-corrected chi connectivity index (χ0v) is 11.8. The lowest BCUT2D eigenvalue weighted by Gasteiger charge is -2.17. The van der Waals surface area contributed by atoms with Gasteiger partial charge in [-0.1, -0.05) is 0 Å². The molecule has 0 atom stereocenters. The van der Waals surface area contributed by atoms with Gasteiger partial charge in [-0.05, 0) is 20.3 Å². The van der Waals surface area contributed by atoms with E-state index in [-0.39, 0.29) is 19.2 Å². The van der Waals surface area contributed by atoms with Crippen molar-refractivity contribution in [1.82, 2.24) is 10.2 Å². The quantitative estimate of drug-likeness (QED) is 0.469. The van der Waals surface area contributed by atoms with Gasteiger partial charge in [-0.25, -0.2) is 0 Å². The van der Waals surface area contributed by atoms with Crippen molar-refractivity contribution in [2.75, 3.05) is 26.2 Å². The van der Waals surface area contributed by atoms with Gasteiger partial charge in [0.25, 0.3) is 0 Å². The summed E-state index contributed by atoms with van der Waals surface area (Å²) >= 11 is 0. The normalized spacial score (nSPS) is 10.4. The molecular weight excluding hydrogens is 250 g/mol. The van der Waals surface area contributed by atoms with Gasteiger partial charge in [0.2, 0.25) is 5.91 Å². The fourth-order valence-corrected chi connectivity index (χ4v) is 1.32. The van der Waals surface area contributed by atoms with E-state index in [0.717, 1.165) is 4.90 Å². The number of hydrogen-bond donors (Lipinski definition) is 2. The molecule has 0 aliphatic carbocycles. The third kappa shape index (κ3) is 7.53. The SMILES string of the molecule is CC(=O)N(CCN)C(=O)C(=O)NCCCOC(C)C. The van der Waals surface area contributed by atoms with Crippen LogP contribution < -0.4 is 11.1 Å². The zero-order valence-electron chi connectivity index (χ0n) is 11.8. The minimum Gasteiger partial charge on any atom is -0.379 e. The van der Waals surface area contributed by atoms with Crippen LogP contribution in [0.1, 0.15) is 27.2 Å². The summed E-state index contributed by atoms with van der Waals surface area (Å²) in [6, 6.07) is 0. The number of carbonyl (C=O) groups is 3. The van der Waals surface area contributed by atoms with E-state index >= 15 is 0 Å². The van der Waals surface area contributed by atoms with Crippen molar-refractivity contribution in [3.63, 3.8) is 0 Å². The highest BCUT2D eigenvalue weighted by atomic mass is 16.5. The lowest BCUT2D eigenvalue weighted by atomic mass is 10.3. The number of amides is 3. The predicted octanol–water partition coefficient (Wildman–Crippen LogP) is -0.748. The summed E-state index contributed by atoms with van der Waals surface area (Å²) in [6.07, 6.45) is 0.740. The van der Waals surface area contributed by atoms with Crippen LogP contribution in [0, 0.1) is 0 Å². The van der Waals surface area contributed by atoms with Crippen molar-refractivity contribution in [2.24, 2.45) is 5.73 Å². The molecule has 0 saturated heterocycles. The Balaban J connectivity index is 4.05. The summed E-state index contributed by atoms with van der Waals surface area (Å²) < 4.78 is 5.29. The first-order valence-electron chi connectivity index (χ1n) is 6.32. The number of ether oxygens (including phenoxy) is 1. The molecule has 0 fully saturated rings. The van der Waals surface area contributed by atoms with E-state index in [2.05, 4.69) is 5.32 Å². The minimum absolute atomic E-state index is 0.0397. The van der Waals surface area contributed by atoms with E-state index in [0.29, 0.717) is 19.6 Å². The molecule has 3 amide bonds. The van der Waals surface area contributed by atoms with Gasteiger partial charge in [-0.15, -0.1) is 0 Å². The number of carbonyl (C=O) groups excluding carboxylic acids is 3. The third-order valence-electron chi connectivity index (χ3n) is 2.23. The maximum atomic E-state index is 11.7. The molecule has 0 heterocycles. The molecule has 0 aliphatic heterocycles. The van der Waals surface area contributed by atoms with Crippen molar-refractivity contribution in [3.05, 3.63) is 0 Å². The van der Waals surface area contributed by atoms with Gasteiger partial charge in [-0.3, -0.25) is 19.3 Å². The molecule has 0 bridgehead atoms. The molecule has 0 aliphatic rings. The molecule has 0 aromatic carbocycles. The third-order valence-corrected chi connectivity index (χ3v) is 2.23. The molecule has 0 unspecified atom stereocenters. The summed E-state index contributed by atoms with van der Waals surface area (Å²) in [5, 5.41) is 2.45. The van der Waals surface area contributed by atoms with E-state index in [9.17, 15) is 14.4 Å². The number of imide groups is 1. The van der Waals surface area contributed by atoms with Crippen LogP contribution in [0.15, 0.2) is 0 Å². The molecular formula is C12H23N3O4. The fourth-order valence-electron chi connectivity index (χ4n) is 1.32. The summed E-state index contributed by atoms with van der Waals surface area (Å²) in [4.78, 5) is 35.2. The number of nitrogens with two attached hydrogens (primary N) is 1. The predicted molar refractivity (Wildman–Crippen MR) is 70.2 cm³/mol. The Hall–Kier alpha value is -1.47. The highest BCUT2D eigenvalue weighted by Gasteiger charge is 2.23. The average molecular weight is 273 g/mol. The van der Waals surface area contributed by atoms with E-state index in [1.807, 2.05) is 13.8 Å². The van der Waals surface area contributed by atoms with E-state index in [1.54, 1.807) is 0 Å². The molecule has 19 heavy (non-hydrogen) atoms. The topological polar surface area (TPSA) is 102 Å². The van der Waals surface area contributed by atoms with Gasteiger partial charge in [0.05, 0.1) is 6.10 Å². The van der Waals surface area contributed by atoms with Gasteiger partial charge < -0.3 is 15.8 Å². The van der Waals surface area contributed by atoms with Gasteiger partial charge in [-0.2, -0.15) is 0 Å². The molecule has 110 valence electrons. The van der Waals surface area contributed by atoms with Crippen molar-refractivity contribution in [2.45, 2.75) is 33.3 Å². The molecule has 0 saturated carbocycles. The second kappa shape index (κ2) is 9.46. The fraction of sp³-hybridized carbons (Fsp3) is 0.750. The molecule has 3 N–H and O–H groups in total. The monoisotopic (exact) mass is 273 g/mol. The maximum absolute atomic E-state index is 11.7. The Kier molecular flexibility index (Phi) is 8.73. The van der Waals surface area contributed by atoms with Gasteiger partial charge in [0.1, 0.15) is 0 Å². The van der Waals surface area contributed by atoms with Crippen LogP contribution >= 0.6 is 0 Å². The van der Waals surface area contributed by atoms with Crippen molar-refractivity contribution < 1.29 is 19.1 Å². The molecule has 0 rings (SSSR count). The van der Waals surface area contributed by atoms with Crippen LogP contribution in [0.3, 0.4) is 0 Å². The maximum Gasteiger partial charge on any atom is 0.318 e. The van der Waals surface area contributed by atoms with Gasteiger partial charge in [0, 0.05) is 33.2 Å². The second-order valence-corrected chi connectivity index (χ2v) is 4.29. The van der Waals surface area contributed by atoms with Crippen molar-refractivity contribution >= 4 is 17.7 Å². The summed E-state index contributed by atoms with van der Waals surface area (Å²) in [5.41, 5.74) is 5.28. The number of nitrogens with zero attached hydrogens (tertiary/aromatic N) is 1. The lowest BCUT2D eigenvalue weighted by molar-refractivity contribution is -0.151. The lowest BCUT2D eigenvalue weighted by Crippen LogP contribution is -2.47. The summed E-state index contributed by atoms with van der Waals surface area (Å²) in [6.45, 7) is 6.05. The molecule has 7 nitrogen and oxygen atoms in total. The van der Waals surface area contributed by atoms with Gasteiger partial charge in [0.15, 0.2) is 0 Å². The van der Waals surface area contributed by atoms with E-state index in [1.165, 1.54) is 6.92 Å². The van der Waals surface area contributed by atoms with Crippen LogP contribution in [0.5, 0.6) is 0 Å². The first kappa shape index (κ1) is 17.5. The average Bonchev–Trinajstić information content (AvgIpc) is 2.33. The van der Waals surface area contributed by atoms with E-state index < -0.39 is 17.7 Å². The molecule has 7 heteroatoms. The van der Waals surface area contributed by atoms with Crippen LogP contribution in [0.2, 0.25) is 0 Å². The Morgan fingerprint density at radius 2 is 1.95 bits per heavy atom. The Morgan fingerprint density at radius 1 is 1.32 bits per heavy atom. The minimum atomic E-state index is -0.872. The Labute approximate surface area is 113 Å². The smallest absolute Gasteiger partial charge is 0.318 e. The van der Waals surface area contributed by atoms with Crippen LogP contribution in [-0.4, -0.2) is 55.0 Å². The summed E-state index contributed by atoms with van der Waals surface area (Å²) in [5.74, 6) is -2.16. The Bertz CT molecular complexity index is 318. The molecule has 0 aromatic rings. The van der Waals surface area contributed by atoms with Crippen molar-refractivity contribution in [1.29, 1.82) is 0 Å². The number of hydrogen-bond acceptors (Lipinski definition) is 5. The first-order chi connectivity index (χ1) is 8.90. The molecule has 0 spiro atoms.